The fraction of sp³-hybridized carbons (Fsp3) is 0.389. The number of hydrogen-bond donors (Lipinski definition) is 1. The second-order valence-electron chi connectivity index (χ2n) is 5.49. The molecule has 134 valence electrons. The average Bonchev–Trinajstić information content (AvgIpc) is 3.06. The number of anilines is 1. The first-order valence-electron chi connectivity index (χ1n) is 8.26. The minimum atomic E-state index is -0.722. The zero-order chi connectivity index (χ0) is 17.6. The van der Waals surface area contributed by atoms with Gasteiger partial charge in [0.05, 0.1) is 26.9 Å². The van der Waals surface area contributed by atoms with Crippen molar-refractivity contribution in [3.05, 3.63) is 30.5 Å². The van der Waals surface area contributed by atoms with E-state index in [4.69, 9.17) is 18.9 Å². The Labute approximate surface area is 146 Å². The maximum atomic E-state index is 11.8. The van der Waals surface area contributed by atoms with E-state index in [0.29, 0.717) is 19.1 Å². The third kappa shape index (κ3) is 3.88. The number of aromatic nitrogens is 1. The molecule has 0 unspecified atom stereocenters. The molecule has 2 heterocycles. The summed E-state index contributed by atoms with van der Waals surface area (Å²) in [7, 11) is 1.63. The number of H-pyrrole nitrogens is 1. The number of hydrogen-bond acceptors (Lipinski definition) is 6. The van der Waals surface area contributed by atoms with Crippen LogP contribution in [0.1, 0.15) is 6.92 Å². The molecule has 0 radical (unpaired) electrons. The molecule has 7 heteroatoms. The summed E-state index contributed by atoms with van der Waals surface area (Å²) in [5, 5.41) is 0. The van der Waals surface area contributed by atoms with E-state index < -0.39 is 6.16 Å². The van der Waals surface area contributed by atoms with Crippen molar-refractivity contribution in [2.75, 3.05) is 44.9 Å². The van der Waals surface area contributed by atoms with Gasteiger partial charge >= 0.3 is 6.16 Å². The Morgan fingerprint density at radius 3 is 2.60 bits per heavy atom. The van der Waals surface area contributed by atoms with Crippen molar-refractivity contribution >= 4 is 11.8 Å². The van der Waals surface area contributed by atoms with Crippen LogP contribution in [0.5, 0.6) is 11.6 Å². The summed E-state index contributed by atoms with van der Waals surface area (Å²) in [6.45, 7) is 4.71. The lowest BCUT2D eigenvalue weighted by molar-refractivity contribution is 0.102. The van der Waals surface area contributed by atoms with Gasteiger partial charge in [0, 0.05) is 24.8 Å². The van der Waals surface area contributed by atoms with Crippen molar-refractivity contribution < 1.29 is 23.7 Å². The van der Waals surface area contributed by atoms with Crippen molar-refractivity contribution in [1.82, 2.24) is 4.98 Å². The minimum Gasteiger partial charge on any atom is -0.497 e. The lowest BCUT2D eigenvalue weighted by atomic mass is 10.1. The minimum absolute atomic E-state index is 0.262. The fourth-order valence-corrected chi connectivity index (χ4v) is 2.80. The fourth-order valence-electron chi connectivity index (χ4n) is 2.80. The van der Waals surface area contributed by atoms with Crippen LogP contribution in [0.4, 0.5) is 10.5 Å². The van der Waals surface area contributed by atoms with Gasteiger partial charge < -0.3 is 28.8 Å². The van der Waals surface area contributed by atoms with Crippen LogP contribution in [0.25, 0.3) is 11.1 Å². The van der Waals surface area contributed by atoms with Gasteiger partial charge in [-0.15, -0.1) is 0 Å². The Bertz CT molecular complexity index is 705. The number of nitrogens with zero attached hydrogens (tertiary/aromatic N) is 1. The van der Waals surface area contributed by atoms with E-state index in [1.165, 1.54) is 0 Å². The molecule has 1 saturated heterocycles. The number of carbonyl (C=O) groups is 1. The Hall–Kier alpha value is -2.67. The van der Waals surface area contributed by atoms with E-state index in [1.54, 1.807) is 14.0 Å². The standard InChI is InChI=1S/C18H22N2O5/c1-3-24-18(21)25-17-16(20-8-10-23-11-9-20)15(12-19-17)13-4-6-14(22-2)7-5-13/h4-7,12,19H,3,8-11H2,1-2H3. The SMILES string of the molecule is CCOC(=O)Oc1[nH]cc(-c2ccc(OC)cc2)c1N1CCOCC1. The first-order valence-corrected chi connectivity index (χ1v) is 8.26. The Morgan fingerprint density at radius 1 is 1.24 bits per heavy atom. The molecule has 25 heavy (non-hydrogen) atoms. The normalized spacial score (nSPS) is 14.2. The van der Waals surface area contributed by atoms with E-state index in [0.717, 1.165) is 35.7 Å². The molecule has 7 nitrogen and oxygen atoms in total. The summed E-state index contributed by atoms with van der Waals surface area (Å²) in [6.07, 6.45) is 1.11. The van der Waals surface area contributed by atoms with Gasteiger partial charge in [-0.2, -0.15) is 0 Å². The van der Waals surface area contributed by atoms with Gasteiger partial charge in [-0.05, 0) is 24.6 Å². The summed E-state index contributed by atoms with van der Waals surface area (Å²) in [5.41, 5.74) is 2.78. The number of ether oxygens (including phenoxy) is 4. The van der Waals surface area contributed by atoms with Gasteiger partial charge in [-0.1, -0.05) is 12.1 Å². The van der Waals surface area contributed by atoms with Crippen LogP contribution in [-0.4, -0.2) is 51.2 Å². The number of aromatic amines is 1. The van der Waals surface area contributed by atoms with Gasteiger partial charge in [0.1, 0.15) is 11.4 Å². The predicted molar refractivity (Wildman–Crippen MR) is 93.5 cm³/mol. The molecule has 1 aromatic carbocycles. The van der Waals surface area contributed by atoms with Gasteiger partial charge in [-0.3, -0.25) is 0 Å². The highest BCUT2D eigenvalue weighted by molar-refractivity contribution is 5.84. The molecule has 1 N–H and O–H groups in total. The van der Waals surface area contributed by atoms with Crippen molar-refractivity contribution in [2.24, 2.45) is 0 Å². The third-order valence-corrected chi connectivity index (χ3v) is 3.99. The van der Waals surface area contributed by atoms with Gasteiger partial charge in [0.25, 0.3) is 0 Å². The van der Waals surface area contributed by atoms with Gasteiger partial charge in [-0.25, -0.2) is 4.79 Å². The Kier molecular flexibility index (Phi) is 5.45. The number of morpholine rings is 1. The highest BCUT2D eigenvalue weighted by Crippen LogP contribution is 2.39. The van der Waals surface area contributed by atoms with E-state index >= 15 is 0 Å². The largest absolute Gasteiger partial charge is 0.515 e. The van der Waals surface area contributed by atoms with Crippen LogP contribution < -0.4 is 14.4 Å². The molecule has 1 fully saturated rings. The molecule has 0 atom stereocenters. The van der Waals surface area contributed by atoms with Crippen LogP contribution in [0.15, 0.2) is 30.5 Å². The van der Waals surface area contributed by atoms with Crippen molar-refractivity contribution in [1.29, 1.82) is 0 Å². The molecule has 0 amide bonds. The molecule has 0 aliphatic carbocycles. The van der Waals surface area contributed by atoms with Crippen LogP contribution in [0.2, 0.25) is 0 Å². The summed E-state index contributed by atoms with van der Waals surface area (Å²) in [4.78, 5) is 17.0. The lowest BCUT2D eigenvalue weighted by Crippen LogP contribution is -2.36. The highest BCUT2D eigenvalue weighted by atomic mass is 16.7. The van der Waals surface area contributed by atoms with Crippen LogP contribution in [0, 0.1) is 0 Å². The topological polar surface area (TPSA) is 73.0 Å². The first-order chi connectivity index (χ1) is 12.2. The third-order valence-electron chi connectivity index (χ3n) is 3.99. The average molecular weight is 346 g/mol. The molecule has 1 aliphatic heterocycles. The smallest absolute Gasteiger partial charge is 0.497 e. The maximum Gasteiger partial charge on any atom is 0.515 e. The van der Waals surface area contributed by atoms with Crippen molar-refractivity contribution in [3.63, 3.8) is 0 Å². The number of carbonyl (C=O) groups excluding carboxylic acids is 1. The zero-order valence-corrected chi connectivity index (χ0v) is 14.4. The van der Waals surface area contributed by atoms with Crippen molar-refractivity contribution in [3.8, 4) is 22.8 Å². The van der Waals surface area contributed by atoms with E-state index in [2.05, 4.69) is 9.88 Å². The second kappa shape index (κ2) is 7.94. The van der Waals surface area contributed by atoms with E-state index in [-0.39, 0.29) is 6.61 Å². The highest BCUT2D eigenvalue weighted by Gasteiger charge is 2.24. The summed E-state index contributed by atoms with van der Waals surface area (Å²) >= 11 is 0. The van der Waals surface area contributed by atoms with E-state index in [1.807, 2.05) is 30.5 Å². The summed E-state index contributed by atoms with van der Waals surface area (Å²) < 4.78 is 20.9. The predicted octanol–water partition coefficient (Wildman–Crippen LogP) is 3.06. The van der Waals surface area contributed by atoms with Crippen LogP contribution >= 0.6 is 0 Å². The van der Waals surface area contributed by atoms with Crippen molar-refractivity contribution in [2.45, 2.75) is 6.92 Å². The van der Waals surface area contributed by atoms with Crippen LogP contribution in [0.3, 0.4) is 0 Å². The quantitative estimate of drug-likeness (QED) is 0.839. The lowest BCUT2D eigenvalue weighted by Gasteiger charge is -2.29. The Balaban J connectivity index is 1.95. The molecule has 0 spiro atoms. The molecule has 1 aliphatic rings. The Morgan fingerprint density at radius 2 is 1.96 bits per heavy atom. The molecular formula is C18H22N2O5. The van der Waals surface area contributed by atoms with Crippen LogP contribution in [-0.2, 0) is 9.47 Å². The maximum absolute atomic E-state index is 11.8. The van der Waals surface area contributed by atoms with E-state index in [9.17, 15) is 4.79 Å². The molecule has 1 aromatic heterocycles. The molecule has 2 aromatic rings. The number of rotatable bonds is 5. The number of benzene rings is 1. The van der Waals surface area contributed by atoms with Gasteiger partial charge in [0.15, 0.2) is 0 Å². The molecular weight excluding hydrogens is 324 g/mol. The first kappa shape index (κ1) is 17.2. The molecule has 3 rings (SSSR count). The summed E-state index contributed by atoms with van der Waals surface area (Å²) in [6, 6.07) is 7.74. The summed E-state index contributed by atoms with van der Waals surface area (Å²) in [5.74, 6) is 1.17. The number of methoxy groups -OCH3 is 1. The zero-order valence-electron chi connectivity index (χ0n) is 14.4. The monoisotopic (exact) mass is 346 g/mol. The van der Waals surface area contributed by atoms with Gasteiger partial charge in [0.2, 0.25) is 5.88 Å². The second-order valence-corrected chi connectivity index (χ2v) is 5.49. The molecule has 0 saturated carbocycles. The number of nitrogens with one attached hydrogen (secondary N) is 1. The molecule has 0 bridgehead atoms.